The quantitative estimate of drug-likeness (QED) is 0.243. The molecule has 4 N–H and O–H groups in total. The fourth-order valence-corrected chi connectivity index (χ4v) is 5.37. The molecule has 1 aliphatic heterocycles. The molecule has 1 atom stereocenters. The fraction of sp³-hybridized carbons (Fsp3) is 0.194. The van der Waals surface area contributed by atoms with E-state index >= 15 is 0 Å². The molecule has 200 valence electrons. The maximum Gasteiger partial charge on any atom is 0.326 e. The molecule has 0 bridgehead atoms. The molecular formula is C31H31N3O4S. The van der Waals surface area contributed by atoms with Crippen molar-refractivity contribution in [1.29, 1.82) is 0 Å². The number of thiophene rings is 1. The smallest absolute Gasteiger partial charge is 0.326 e. The van der Waals surface area contributed by atoms with Crippen molar-refractivity contribution in [2.24, 2.45) is 0 Å². The van der Waals surface area contributed by atoms with Gasteiger partial charge in [0.05, 0.1) is 11.3 Å². The van der Waals surface area contributed by atoms with Gasteiger partial charge in [-0.15, -0.1) is 11.3 Å². The summed E-state index contributed by atoms with van der Waals surface area (Å²) in [5, 5.41) is 18.2. The van der Waals surface area contributed by atoms with Crippen LogP contribution in [0.25, 0.3) is 0 Å². The van der Waals surface area contributed by atoms with Crippen molar-refractivity contribution in [3.05, 3.63) is 130 Å². The molecule has 4 rings (SSSR count). The summed E-state index contributed by atoms with van der Waals surface area (Å²) in [6, 6.07) is 22.8. The van der Waals surface area contributed by atoms with Crippen LogP contribution in [0.1, 0.15) is 50.9 Å². The minimum absolute atomic E-state index is 0.0335. The highest BCUT2D eigenvalue weighted by atomic mass is 32.1. The van der Waals surface area contributed by atoms with Gasteiger partial charge in [-0.25, -0.2) is 4.79 Å². The highest BCUT2D eigenvalue weighted by Crippen LogP contribution is 2.36. The van der Waals surface area contributed by atoms with Gasteiger partial charge in [0.1, 0.15) is 6.04 Å². The second-order valence-electron chi connectivity index (χ2n) is 9.07. The molecule has 0 saturated carbocycles. The van der Waals surface area contributed by atoms with Crippen LogP contribution in [0.5, 0.6) is 0 Å². The Labute approximate surface area is 232 Å². The van der Waals surface area contributed by atoms with E-state index < -0.39 is 17.9 Å². The number of nitrogens with one attached hydrogen (secondary N) is 3. The molecule has 0 fully saturated rings. The van der Waals surface area contributed by atoms with Crippen LogP contribution in [-0.4, -0.2) is 35.5 Å². The molecule has 0 radical (unpaired) electrons. The number of rotatable bonds is 12. The van der Waals surface area contributed by atoms with Crippen molar-refractivity contribution in [3.8, 4) is 0 Å². The molecule has 39 heavy (non-hydrogen) atoms. The lowest BCUT2D eigenvalue weighted by Gasteiger charge is -2.17. The van der Waals surface area contributed by atoms with Gasteiger partial charge in [-0.2, -0.15) is 0 Å². The largest absolute Gasteiger partial charge is 0.480 e. The Morgan fingerprint density at radius 2 is 1.56 bits per heavy atom. The van der Waals surface area contributed by atoms with Gasteiger partial charge in [-0.3, -0.25) is 9.59 Å². The third-order valence-electron chi connectivity index (χ3n) is 6.23. The van der Waals surface area contributed by atoms with Crippen molar-refractivity contribution < 1.29 is 19.5 Å². The third-order valence-corrected chi connectivity index (χ3v) is 7.38. The van der Waals surface area contributed by atoms with E-state index in [1.807, 2.05) is 66.8 Å². The van der Waals surface area contributed by atoms with Crippen LogP contribution in [0.2, 0.25) is 0 Å². The highest BCUT2D eigenvalue weighted by molar-refractivity contribution is 7.14. The number of allylic oxidation sites excluding steroid dienone is 4. The average molecular weight is 542 g/mol. The van der Waals surface area contributed by atoms with Gasteiger partial charge < -0.3 is 21.1 Å². The van der Waals surface area contributed by atoms with Gasteiger partial charge in [-0.05, 0) is 48.3 Å². The van der Waals surface area contributed by atoms with E-state index in [9.17, 15) is 19.5 Å². The second kappa shape index (κ2) is 13.9. The summed E-state index contributed by atoms with van der Waals surface area (Å²) in [6.45, 7) is 0.316. The molecule has 7 nitrogen and oxygen atoms in total. The molecule has 2 heterocycles. The maximum absolute atomic E-state index is 13.0. The lowest BCUT2D eigenvalue weighted by atomic mass is 9.90. The zero-order chi connectivity index (χ0) is 27.5. The minimum atomic E-state index is -1.11. The number of carbonyl (C=O) groups excluding carboxylic acids is 2. The molecular weight excluding hydrogens is 510 g/mol. The number of amides is 2. The van der Waals surface area contributed by atoms with Crippen molar-refractivity contribution in [2.75, 3.05) is 6.54 Å². The summed E-state index contributed by atoms with van der Waals surface area (Å²) < 4.78 is 0. The van der Waals surface area contributed by atoms with Crippen molar-refractivity contribution >= 4 is 29.1 Å². The number of benzene rings is 2. The minimum Gasteiger partial charge on any atom is -0.480 e. The lowest BCUT2D eigenvalue weighted by Crippen LogP contribution is -2.41. The third kappa shape index (κ3) is 8.02. The Kier molecular flexibility index (Phi) is 9.85. The Balaban J connectivity index is 1.33. The predicted molar refractivity (Wildman–Crippen MR) is 153 cm³/mol. The number of carboxylic acid groups (broad SMARTS) is 1. The van der Waals surface area contributed by atoms with E-state index in [-0.39, 0.29) is 24.7 Å². The molecule has 1 unspecified atom stereocenters. The van der Waals surface area contributed by atoms with Crippen LogP contribution < -0.4 is 16.0 Å². The predicted octanol–water partition coefficient (Wildman–Crippen LogP) is 4.95. The summed E-state index contributed by atoms with van der Waals surface area (Å²) >= 11 is 1.36. The van der Waals surface area contributed by atoms with Crippen LogP contribution in [0.15, 0.2) is 109 Å². The highest BCUT2D eigenvalue weighted by Gasteiger charge is 2.24. The summed E-state index contributed by atoms with van der Waals surface area (Å²) in [7, 11) is 0. The standard InChI is InChI=1S/C31H31N3O4S/c35-28(21-24-15-8-3-9-19-32-24)33-20-10-16-25(31(37)38)34-30(36)27-18-17-26(39-27)29(22-11-4-1-5-12-22)23-13-6-2-7-14-23/h1-9,11-15,17-19,25,29,32H,10,16,20-21H2,(H,33,35)(H,34,36)(H,37,38). The second-order valence-corrected chi connectivity index (χ2v) is 10.2. The Bertz CT molecular complexity index is 1320. The van der Waals surface area contributed by atoms with E-state index in [4.69, 9.17) is 0 Å². The van der Waals surface area contributed by atoms with E-state index in [2.05, 4.69) is 40.2 Å². The number of carboxylic acids is 1. The van der Waals surface area contributed by atoms with E-state index in [1.165, 1.54) is 11.3 Å². The van der Waals surface area contributed by atoms with Crippen LogP contribution in [0, 0.1) is 0 Å². The maximum atomic E-state index is 13.0. The summed E-state index contributed by atoms with van der Waals surface area (Å²) in [5.41, 5.74) is 2.99. The van der Waals surface area contributed by atoms with Gasteiger partial charge in [0.25, 0.3) is 5.91 Å². The van der Waals surface area contributed by atoms with E-state index in [0.29, 0.717) is 17.8 Å². The zero-order valence-corrected chi connectivity index (χ0v) is 22.2. The normalized spacial score (nSPS) is 13.2. The number of hydrogen-bond donors (Lipinski definition) is 4. The van der Waals surface area contributed by atoms with Gasteiger partial charge >= 0.3 is 5.97 Å². The Morgan fingerprint density at radius 1 is 0.872 bits per heavy atom. The van der Waals surface area contributed by atoms with Crippen LogP contribution in [0.3, 0.4) is 0 Å². The zero-order valence-electron chi connectivity index (χ0n) is 21.4. The SMILES string of the molecule is O=C(CC1=CC=CC=CN1)NCCCC(NC(=O)c1ccc(C(c2ccccc2)c2ccccc2)s1)C(=O)O. The molecule has 0 aliphatic carbocycles. The lowest BCUT2D eigenvalue weighted by molar-refractivity contribution is -0.139. The molecule has 3 aromatic rings. The molecule has 2 aromatic carbocycles. The average Bonchev–Trinajstić information content (AvgIpc) is 3.29. The first-order chi connectivity index (χ1) is 19.0. The van der Waals surface area contributed by atoms with Crippen LogP contribution in [-0.2, 0) is 9.59 Å². The number of carbonyl (C=O) groups is 3. The molecule has 1 aliphatic rings. The summed E-state index contributed by atoms with van der Waals surface area (Å²) in [4.78, 5) is 38.5. The molecule has 8 heteroatoms. The van der Waals surface area contributed by atoms with Crippen LogP contribution in [0.4, 0.5) is 0 Å². The molecule has 1 aromatic heterocycles. The Hall–Kier alpha value is -4.43. The Morgan fingerprint density at radius 3 is 2.23 bits per heavy atom. The first kappa shape index (κ1) is 27.6. The van der Waals surface area contributed by atoms with Gasteiger partial charge in [0, 0.05) is 29.2 Å². The van der Waals surface area contributed by atoms with E-state index in [1.54, 1.807) is 12.3 Å². The van der Waals surface area contributed by atoms with Gasteiger partial charge in [-0.1, -0.05) is 72.8 Å². The monoisotopic (exact) mass is 541 g/mol. The molecule has 0 spiro atoms. The molecule has 0 saturated heterocycles. The van der Waals surface area contributed by atoms with Crippen molar-refractivity contribution in [3.63, 3.8) is 0 Å². The fourth-order valence-electron chi connectivity index (χ4n) is 4.30. The topological polar surface area (TPSA) is 108 Å². The van der Waals surface area contributed by atoms with Crippen molar-refractivity contribution in [1.82, 2.24) is 16.0 Å². The van der Waals surface area contributed by atoms with Gasteiger partial charge in [0.15, 0.2) is 0 Å². The van der Waals surface area contributed by atoms with E-state index in [0.717, 1.165) is 21.7 Å². The summed E-state index contributed by atoms with van der Waals surface area (Å²) in [5.74, 6) is -1.72. The first-order valence-electron chi connectivity index (χ1n) is 12.8. The number of aliphatic carboxylic acids is 1. The summed E-state index contributed by atoms with van der Waals surface area (Å²) in [6.07, 6.45) is 9.93. The van der Waals surface area contributed by atoms with Crippen molar-refractivity contribution in [2.45, 2.75) is 31.2 Å². The first-order valence-corrected chi connectivity index (χ1v) is 13.6. The molecule has 2 amide bonds. The van der Waals surface area contributed by atoms with Gasteiger partial charge in [0.2, 0.25) is 5.91 Å². The number of hydrogen-bond acceptors (Lipinski definition) is 5. The van der Waals surface area contributed by atoms with Crippen LogP contribution >= 0.6 is 11.3 Å².